The lowest BCUT2D eigenvalue weighted by Crippen LogP contribution is -2.23. The molecule has 178 valence electrons. The van der Waals surface area contributed by atoms with E-state index in [4.69, 9.17) is 0 Å². The highest BCUT2D eigenvalue weighted by atomic mass is 32.2. The molecule has 0 N–H and O–H groups in total. The summed E-state index contributed by atoms with van der Waals surface area (Å²) in [4.78, 5) is 13.5. The fraction of sp³-hybridized carbons (Fsp3) is 0.185. The van der Waals surface area contributed by atoms with Gasteiger partial charge in [-0.25, -0.2) is 12.4 Å². The fourth-order valence-electron chi connectivity index (χ4n) is 4.41. The van der Waals surface area contributed by atoms with Gasteiger partial charge in [0.1, 0.15) is 5.52 Å². The van der Waals surface area contributed by atoms with Crippen molar-refractivity contribution in [2.45, 2.75) is 24.7 Å². The molecule has 5 rings (SSSR count). The third-order valence-corrected chi connectivity index (χ3v) is 7.99. The van der Waals surface area contributed by atoms with Crippen LogP contribution in [0.4, 0.5) is 0 Å². The molecule has 0 fully saturated rings. The highest BCUT2D eigenvalue weighted by molar-refractivity contribution is 7.90. The Labute approximate surface area is 203 Å². The maximum atomic E-state index is 14.0. The van der Waals surface area contributed by atoms with Gasteiger partial charge in [0.15, 0.2) is 0 Å². The van der Waals surface area contributed by atoms with Gasteiger partial charge in [-0.15, -0.1) is 0 Å². The van der Waals surface area contributed by atoms with E-state index < -0.39 is 10.0 Å². The quantitative estimate of drug-likeness (QED) is 0.362. The zero-order valence-corrected chi connectivity index (χ0v) is 20.7. The van der Waals surface area contributed by atoms with E-state index in [1.807, 2.05) is 31.3 Å². The molecule has 0 aliphatic heterocycles. The van der Waals surface area contributed by atoms with Gasteiger partial charge in [-0.1, -0.05) is 48.0 Å². The van der Waals surface area contributed by atoms with Crippen molar-refractivity contribution in [1.29, 1.82) is 0 Å². The van der Waals surface area contributed by atoms with Crippen molar-refractivity contribution in [2.75, 3.05) is 0 Å². The molecule has 7 nitrogen and oxygen atoms in total. The Morgan fingerprint density at radius 3 is 2.29 bits per heavy atom. The van der Waals surface area contributed by atoms with E-state index in [2.05, 4.69) is 17.2 Å². The zero-order valence-electron chi connectivity index (χ0n) is 19.8. The molecule has 0 saturated carbocycles. The van der Waals surface area contributed by atoms with Crippen LogP contribution in [0.2, 0.25) is 0 Å². The van der Waals surface area contributed by atoms with E-state index in [1.165, 1.54) is 14.1 Å². The van der Waals surface area contributed by atoms with Gasteiger partial charge >= 0.3 is 0 Å². The Balaban J connectivity index is 1.78. The number of aromatic nitrogens is 4. The maximum absolute atomic E-state index is 14.0. The summed E-state index contributed by atoms with van der Waals surface area (Å²) in [5.41, 5.74) is 3.86. The number of hydrogen-bond acceptors (Lipinski definition) is 4. The first-order valence-electron chi connectivity index (χ1n) is 11.3. The molecular weight excluding hydrogens is 460 g/mol. The molecule has 0 bridgehead atoms. The SMILES string of the molecule is Cc1ccc(S(=O)(=O)n2c(-c3cnn(C)c3)cc3c(CCc4ccccc4)cn(C)c(=O)c32)cc1. The smallest absolute Gasteiger partial charge is 0.275 e. The largest absolute Gasteiger partial charge is 0.316 e. The first-order valence-corrected chi connectivity index (χ1v) is 12.8. The van der Waals surface area contributed by atoms with E-state index in [9.17, 15) is 13.2 Å². The Morgan fingerprint density at radius 1 is 0.914 bits per heavy atom. The Hall–Kier alpha value is -3.91. The number of pyridine rings is 1. The molecule has 35 heavy (non-hydrogen) atoms. The topological polar surface area (TPSA) is 78.9 Å². The Kier molecular flexibility index (Phi) is 5.68. The van der Waals surface area contributed by atoms with Gasteiger partial charge in [0, 0.05) is 37.4 Å². The van der Waals surface area contributed by atoms with Gasteiger partial charge in [0.25, 0.3) is 15.6 Å². The normalized spacial score (nSPS) is 11.9. The average Bonchev–Trinajstić information content (AvgIpc) is 3.46. The summed E-state index contributed by atoms with van der Waals surface area (Å²) >= 11 is 0. The number of aryl methyl sites for hydroxylation is 5. The number of rotatable bonds is 6. The second-order valence-electron chi connectivity index (χ2n) is 8.83. The first-order chi connectivity index (χ1) is 16.8. The summed E-state index contributed by atoms with van der Waals surface area (Å²) in [5, 5.41) is 4.87. The van der Waals surface area contributed by atoms with Crippen molar-refractivity contribution in [2.24, 2.45) is 14.1 Å². The predicted octanol–water partition coefficient (Wildman–Crippen LogP) is 4.07. The van der Waals surface area contributed by atoms with Crippen LogP contribution in [0, 0.1) is 6.92 Å². The van der Waals surface area contributed by atoms with Crippen molar-refractivity contribution in [1.82, 2.24) is 18.3 Å². The second-order valence-corrected chi connectivity index (χ2v) is 10.6. The van der Waals surface area contributed by atoms with E-state index in [1.54, 1.807) is 61.5 Å². The monoisotopic (exact) mass is 486 g/mol. The molecule has 8 heteroatoms. The maximum Gasteiger partial charge on any atom is 0.275 e. The summed E-state index contributed by atoms with van der Waals surface area (Å²) in [5.74, 6) is 0. The molecular formula is C27H26N4O3S. The fourth-order valence-corrected chi connectivity index (χ4v) is 5.94. The zero-order chi connectivity index (χ0) is 24.7. The number of hydrogen-bond donors (Lipinski definition) is 0. The molecule has 0 spiro atoms. The Morgan fingerprint density at radius 2 is 1.63 bits per heavy atom. The third-order valence-electron chi connectivity index (χ3n) is 6.26. The van der Waals surface area contributed by atoms with Crippen molar-refractivity contribution in [3.63, 3.8) is 0 Å². The predicted molar refractivity (Wildman–Crippen MR) is 137 cm³/mol. The van der Waals surface area contributed by atoms with E-state index >= 15 is 0 Å². The van der Waals surface area contributed by atoms with Crippen LogP contribution in [0.5, 0.6) is 0 Å². The first kappa shape index (κ1) is 22.9. The van der Waals surface area contributed by atoms with Crippen molar-refractivity contribution in [3.8, 4) is 11.3 Å². The van der Waals surface area contributed by atoms with Crippen molar-refractivity contribution < 1.29 is 8.42 Å². The third kappa shape index (κ3) is 4.10. The van der Waals surface area contributed by atoms with Gasteiger partial charge in [-0.2, -0.15) is 5.10 Å². The van der Waals surface area contributed by atoms with Gasteiger partial charge in [0.05, 0.1) is 16.8 Å². The lowest BCUT2D eigenvalue weighted by molar-refractivity contribution is 0.589. The molecule has 0 aliphatic carbocycles. The molecule has 0 saturated heterocycles. The molecule has 0 atom stereocenters. The van der Waals surface area contributed by atoms with Crippen LogP contribution in [0.25, 0.3) is 22.2 Å². The van der Waals surface area contributed by atoms with E-state index in [0.29, 0.717) is 23.1 Å². The minimum atomic E-state index is -4.07. The molecule has 0 aliphatic rings. The number of fused-ring (bicyclic) bond motifs is 1. The summed E-state index contributed by atoms with van der Waals surface area (Å²) in [6, 6.07) is 18.6. The minimum absolute atomic E-state index is 0.127. The highest BCUT2D eigenvalue weighted by Gasteiger charge is 2.27. The molecule has 0 amide bonds. The average molecular weight is 487 g/mol. The molecule has 3 aromatic heterocycles. The summed E-state index contributed by atoms with van der Waals surface area (Å²) in [6.45, 7) is 1.90. The Bertz CT molecular complexity index is 1690. The number of nitrogens with zero attached hydrogens (tertiary/aromatic N) is 4. The summed E-state index contributed by atoms with van der Waals surface area (Å²) in [7, 11) is -0.632. The van der Waals surface area contributed by atoms with Gasteiger partial charge in [-0.3, -0.25) is 9.48 Å². The van der Waals surface area contributed by atoms with Crippen molar-refractivity contribution >= 4 is 20.9 Å². The summed E-state index contributed by atoms with van der Waals surface area (Å²) < 4.78 is 32.2. The van der Waals surface area contributed by atoms with E-state index in [0.717, 1.165) is 17.5 Å². The standard InChI is InChI=1S/C27H26N4O3S/c1-19-9-13-23(14-10-19)35(33,34)31-25(22-16-28-30(3)18-22)15-24-21(17-29(2)27(32)26(24)31)12-11-20-7-5-4-6-8-20/h4-10,13-18H,11-12H2,1-3H3. The van der Waals surface area contributed by atoms with Gasteiger partial charge in [0.2, 0.25) is 0 Å². The highest BCUT2D eigenvalue weighted by Crippen LogP contribution is 2.32. The van der Waals surface area contributed by atoms with Crippen LogP contribution >= 0.6 is 0 Å². The second kappa shape index (κ2) is 8.70. The van der Waals surface area contributed by atoms with Crippen LogP contribution in [0.3, 0.4) is 0 Å². The minimum Gasteiger partial charge on any atom is -0.316 e. The molecule has 0 radical (unpaired) electrons. The summed E-state index contributed by atoms with van der Waals surface area (Å²) in [6.07, 6.45) is 6.61. The van der Waals surface area contributed by atoms with Crippen LogP contribution < -0.4 is 5.56 Å². The van der Waals surface area contributed by atoms with Gasteiger partial charge in [-0.05, 0) is 49.1 Å². The van der Waals surface area contributed by atoms with Crippen LogP contribution in [0.15, 0.2) is 88.9 Å². The molecule has 5 aromatic rings. The van der Waals surface area contributed by atoms with E-state index in [-0.39, 0.29) is 16.0 Å². The van der Waals surface area contributed by atoms with Gasteiger partial charge < -0.3 is 4.57 Å². The molecule has 2 aromatic carbocycles. The molecule has 0 unspecified atom stereocenters. The van der Waals surface area contributed by atoms with Crippen LogP contribution in [-0.2, 0) is 37.0 Å². The van der Waals surface area contributed by atoms with Crippen molar-refractivity contribution in [3.05, 3.63) is 106 Å². The lowest BCUT2D eigenvalue weighted by Gasteiger charge is -2.13. The van der Waals surface area contributed by atoms with Crippen LogP contribution in [-0.4, -0.2) is 26.7 Å². The number of benzene rings is 2. The molecule has 3 heterocycles. The van der Waals surface area contributed by atoms with Crippen LogP contribution in [0.1, 0.15) is 16.7 Å². The lowest BCUT2D eigenvalue weighted by atomic mass is 10.0.